The van der Waals surface area contributed by atoms with E-state index < -0.39 is 17.6 Å². The number of aliphatic hydroxyl groups excluding tert-OH is 2. The number of carbonyl (C=O) groups excluding carboxylic acids is 1. The summed E-state index contributed by atoms with van der Waals surface area (Å²) < 4.78 is 5.21. The highest BCUT2D eigenvalue weighted by molar-refractivity contribution is 5.84. The van der Waals surface area contributed by atoms with Crippen molar-refractivity contribution in [2.24, 2.45) is 11.1 Å². The molecule has 0 radical (unpaired) electrons. The van der Waals surface area contributed by atoms with Crippen LogP contribution >= 0.6 is 0 Å². The first-order chi connectivity index (χ1) is 7.45. The monoisotopic (exact) mass is 230 g/mol. The number of hydrogen-bond donors (Lipinski definition) is 3. The number of rotatable bonds is 1. The first-order valence-electron chi connectivity index (χ1n) is 5.44. The van der Waals surface area contributed by atoms with Crippen molar-refractivity contribution >= 4 is 5.91 Å². The van der Waals surface area contributed by atoms with Crippen LogP contribution in [0.5, 0.6) is 0 Å². The molecule has 0 aromatic carbocycles. The molecular weight excluding hydrogens is 212 g/mol. The Hall–Kier alpha value is -0.690. The second-order valence-electron chi connectivity index (χ2n) is 4.88. The van der Waals surface area contributed by atoms with E-state index >= 15 is 0 Å². The molecule has 2 heterocycles. The van der Waals surface area contributed by atoms with Crippen molar-refractivity contribution < 1.29 is 19.7 Å². The van der Waals surface area contributed by atoms with Crippen LogP contribution in [0, 0.1) is 5.41 Å². The van der Waals surface area contributed by atoms with Crippen LogP contribution in [-0.2, 0) is 9.53 Å². The number of β-amino-alcohol motifs (C(OH)–C–C–N with tert-alkyl or cyclic N) is 2. The molecule has 0 spiro atoms. The molecule has 2 saturated heterocycles. The zero-order chi connectivity index (χ0) is 11.9. The summed E-state index contributed by atoms with van der Waals surface area (Å²) in [4.78, 5) is 13.7. The average molecular weight is 230 g/mol. The van der Waals surface area contributed by atoms with Gasteiger partial charge in [-0.2, -0.15) is 0 Å². The summed E-state index contributed by atoms with van der Waals surface area (Å²) in [5.74, 6) is -0.145. The largest absolute Gasteiger partial charge is 0.388 e. The van der Waals surface area contributed by atoms with E-state index in [0.29, 0.717) is 13.2 Å². The second kappa shape index (κ2) is 3.96. The van der Waals surface area contributed by atoms with Gasteiger partial charge in [0.15, 0.2) is 0 Å². The maximum Gasteiger partial charge on any atom is 0.232 e. The Labute approximate surface area is 94.0 Å². The highest BCUT2D eigenvalue weighted by atomic mass is 16.5. The lowest BCUT2D eigenvalue weighted by molar-refractivity contribution is -0.141. The first-order valence-corrected chi connectivity index (χ1v) is 5.44. The van der Waals surface area contributed by atoms with Crippen LogP contribution in [0.3, 0.4) is 0 Å². The minimum absolute atomic E-state index is 0.145. The lowest BCUT2D eigenvalue weighted by Crippen LogP contribution is -2.51. The van der Waals surface area contributed by atoms with Crippen molar-refractivity contribution in [2.45, 2.75) is 25.2 Å². The lowest BCUT2D eigenvalue weighted by atomic mass is 9.84. The number of likely N-dealkylation sites (tertiary alicyclic amines) is 1. The van der Waals surface area contributed by atoms with E-state index in [1.807, 2.05) is 0 Å². The van der Waals surface area contributed by atoms with Crippen LogP contribution in [0.1, 0.15) is 6.92 Å². The summed E-state index contributed by atoms with van der Waals surface area (Å²) in [6, 6.07) is -0.324. The van der Waals surface area contributed by atoms with Gasteiger partial charge in [0.25, 0.3) is 0 Å². The summed E-state index contributed by atoms with van der Waals surface area (Å²) in [5, 5.41) is 18.8. The Morgan fingerprint density at radius 2 is 2.00 bits per heavy atom. The Morgan fingerprint density at radius 1 is 1.44 bits per heavy atom. The molecule has 2 fully saturated rings. The molecule has 16 heavy (non-hydrogen) atoms. The molecule has 0 aromatic heterocycles. The van der Waals surface area contributed by atoms with Crippen molar-refractivity contribution in [2.75, 3.05) is 26.3 Å². The Balaban J connectivity index is 2.08. The predicted molar refractivity (Wildman–Crippen MR) is 55.5 cm³/mol. The third-order valence-electron chi connectivity index (χ3n) is 3.55. The van der Waals surface area contributed by atoms with Crippen LogP contribution in [0.4, 0.5) is 0 Å². The van der Waals surface area contributed by atoms with E-state index in [2.05, 4.69) is 0 Å². The SMILES string of the molecule is CC1(C(=O)N2C[C@@H](O)[C@@H](O)C2)COCC1N. The average Bonchev–Trinajstić information content (AvgIpc) is 2.73. The number of ether oxygens (including phenoxy) is 1. The van der Waals surface area contributed by atoms with Crippen molar-refractivity contribution in [3.8, 4) is 0 Å². The molecule has 0 saturated carbocycles. The molecule has 2 aliphatic rings. The molecule has 6 nitrogen and oxygen atoms in total. The summed E-state index contributed by atoms with van der Waals surface area (Å²) in [7, 11) is 0. The van der Waals surface area contributed by atoms with Crippen molar-refractivity contribution in [3.05, 3.63) is 0 Å². The van der Waals surface area contributed by atoms with Crippen LogP contribution in [0.2, 0.25) is 0 Å². The van der Waals surface area contributed by atoms with Gasteiger partial charge >= 0.3 is 0 Å². The van der Waals surface area contributed by atoms with Crippen LogP contribution < -0.4 is 5.73 Å². The Kier molecular flexibility index (Phi) is 2.91. The third-order valence-corrected chi connectivity index (χ3v) is 3.55. The summed E-state index contributed by atoms with van der Waals surface area (Å²) >= 11 is 0. The smallest absolute Gasteiger partial charge is 0.232 e. The number of nitrogens with zero attached hydrogens (tertiary/aromatic N) is 1. The molecule has 4 atom stereocenters. The summed E-state index contributed by atoms with van der Waals surface area (Å²) in [6.07, 6.45) is -1.71. The van der Waals surface area contributed by atoms with Crippen LogP contribution in [0.15, 0.2) is 0 Å². The molecule has 2 aliphatic heterocycles. The van der Waals surface area contributed by atoms with Gasteiger partial charge in [-0.05, 0) is 6.92 Å². The van der Waals surface area contributed by atoms with Gasteiger partial charge in [0.2, 0.25) is 5.91 Å². The van der Waals surface area contributed by atoms with Gasteiger partial charge in [-0.25, -0.2) is 0 Å². The van der Waals surface area contributed by atoms with Gasteiger partial charge in [0.05, 0.1) is 30.8 Å². The summed E-state index contributed by atoms with van der Waals surface area (Å²) in [5.41, 5.74) is 5.12. The van der Waals surface area contributed by atoms with Gasteiger partial charge in [0, 0.05) is 19.1 Å². The fourth-order valence-corrected chi connectivity index (χ4v) is 2.21. The van der Waals surface area contributed by atoms with Crippen LogP contribution in [0.25, 0.3) is 0 Å². The maximum atomic E-state index is 12.2. The molecule has 0 bridgehead atoms. The van der Waals surface area contributed by atoms with E-state index in [1.165, 1.54) is 4.90 Å². The zero-order valence-corrected chi connectivity index (χ0v) is 9.30. The van der Waals surface area contributed by atoms with E-state index in [9.17, 15) is 15.0 Å². The van der Waals surface area contributed by atoms with Crippen LogP contribution in [-0.4, -0.2) is 65.6 Å². The molecule has 2 unspecified atom stereocenters. The van der Waals surface area contributed by atoms with Gasteiger partial charge in [-0.1, -0.05) is 0 Å². The number of carbonyl (C=O) groups is 1. The number of nitrogens with two attached hydrogens (primary N) is 1. The van der Waals surface area contributed by atoms with Gasteiger partial charge in [0.1, 0.15) is 0 Å². The molecule has 2 rings (SSSR count). The zero-order valence-electron chi connectivity index (χ0n) is 9.30. The second-order valence-corrected chi connectivity index (χ2v) is 4.88. The normalized spacial score (nSPS) is 44.0. The third kappa shape index (κ3) is 1.71. The molecule has 4 N–H and O–H groups in total. The van der Waals surface area contributed by atoms with E-state index in [4.69, 9.17) is 10.5 Å². The molecule has 0 aliphatic carbocycles. The molecule has 1 amide bonds. The Morgan fingerprint density at radius 3 is 2.44 bits per heavy atom. The molecule has 92 valence electrons. The van der Waals surface area contributed by atoms with Gasteiger partial charge in [-0.15, -0.1) is 0 Å². The lowest BCUT2D eigenvalue weighted by Gasteiger charge is -2.30. The number of amides is 1. The minimum atomic E-state index is -0.855. The van der Waals surface area contributed by atoms with E-state index in [1.54, 1.807) is 6.92 Å². The van der Waals surface area contributed by atoms with E-state index in [0.717, 1.165) is 0 Å². The standard InChI is InChI=1S/C10H18N2O4/c1-10(5-16-4-8(10)11)9(15)12-2-6(13)7(14)3-12/h6-8,13-14H,2-5,11H2,1H3/t6-,7+,8?,10?. The molecule has 0 aromatic rings. The van der Waals surface area contributed by atoms with Crippen molar-refractivity contribution in [1.82, 2.24) is 4.90 Å². The summed E-state index contributed by atoms with van der Waals surface area (Å²) in [6.45, 7) is 2.78. The highest BCUT2D eigenvalue weighted by Gasteiger charge is 2.48. The Bertz CT molecular complexity index is 289. The topological polar surface area (TPSA) is 96.0 Å². The molecular formula is C10H18N2O4. The fraction of sp³-hybridized carbons (Fsp3) is 0.900. The quantitative estimate of drug-likeness (QED) is 0.480. The fourth-order valence-electron chi connectivity index (χ4n) is 2.21. The van der Waals surface area contributed by atoms with Gasteiger partial charge in [-0.3, -0.25) is 4.79 Å². The van der Waals surface area contributed by atoms with E-state index in [-0.39, 0.29) is 25.0 Å². The highest BCUT2D eigenvalue weighted by Crippen LogP contribution is 2.30. The number of aliphatic hydroxyl groups is 2. The van der Waals surface area contributed by atoms with Crippen molar-refractivity contribution in [3.63, 3.8) is 0 Å². The number of hydrogen-bond acceptors (Lipinski definition) is 5. The van der Waals surface area contributed by atoms with Crippen molar-refractivity contribution in [1.29, 1.82) is 0 Å². The first kappa shape index (κ1) is 11.8. The predicted octanol–water partition coefficient (Wildman–Crippen LogP) is -2.09. The maximum absolute atomic E-state index is 12.2. The van der Waals surface area contributed by atoms with Gasteiger partial charge < -0.3 is 25.6 Å². The molecule has 6 heteroatoms. The minimum Gasteiger partial charge on any atom is -0.388 e.